The summed E-state index contributed by atoms with van der Waals surface area (Å²) in [5.74, 6) is -0.211. The molecule has 5 nitrogen and oxygen atoms in total. The molecule has 0 unspecified atom stereocenters. The Morgan fingerprint density at radius 2 is 1.64 bits per heavy atom. The fraction of sp³-hybridized carbons (Fsp3) is 0.600. The van der Waals surface area contributed by atoms with Crippen molar-refractivity contribution in [2.24, 2.45) is 0 Å². The number of rotatable bonds is 1. The zero-order chi connectivity index (χ0) is 8.57. The van der Waals surface area contributed by atoms with E-state index in [-0.39, 0.29) is 74.9 Å². The molecule has 0 fully saturated rings. The van der Waals surface area contributed by atoms with Crippen molar-refractivity contribution in [2.45, 2.75) is 13.8 Å². The molecule has 0 heterocycles. The van der Waals surface area contributed by atoms with E-state index < -0.39 is 6.16 Å². The summed E-state index contributed by atoms with van der Waals surface area (Å²) >= 11 is 0. The first kappa shape index (κ1) is 17.8. The molecular weight excluding hydrogens is 273 g/mol. The second kappa shape index (κ2) is 13.4. The van der Waals surface area contributed by atoms with Crippen molar-refractivity contribution in [3.05, 3.63) is 0 Å². The molecule has 0 aromatic rings. The summed E-state index contributed by atoms with van der Waals surface area (Å²) in [6.07, 6.45) is -1.83. The molecule has 2 N–H and O–H groups in total. The summed E-state index contributed by atoms with van der Waals surface area (Å²) < 4.78 is 4.40. The molecule has 0 aromatic carbocycles. The first-order valence-electron chi connectivity index (χ1n) is 2.56. The van der Waals surface area contributed by atoms with Gasteiger partial charge in [0.2, 0.25) is 0 Å². The van der Waals surface area contributed by atoms with E-state index in [4.69, 9.17) is 15.0 Å². The van der Waals surface area contributed by atoms with Crippen molar-refractivity contribution in [2.75, 3.05) is 6.61 Å². The third kappa shape index (κ3) is 58.0. The molecule has 0 saturated heterocycles. The van der Waals surface area contributed by atoms with Gasteiger partial charge in [-0.2, -0.15) is 0 Å². The topological polar surface area (TPSA) is 83.8 Å². The Balaban J connectivity index is -0.000000114. The Morgan fingerprint density at radius 1 is 1.36 bits per heavy atom. The van der Waals surface area contributed by atoms with Crippen LogP contribution in [0.1, 0.15) is 13.8 Å². The van der Waals surface area contributed by atoms with Crippen LogP contribution in [0.25, 0.3) is 0 Å². The number of ether oxygens (including phenoxy) is 1. The van der Waals surface area contributed by atoms with Crippen LogP contribution >= 0.6 is 0 Å². The van der Waals surface area contributed by atoms with Crippen molar-refractivity contribution in [3.63, 3.8) is 0 Å². The van der Waals surface area contributed by atoms with Gasteiger partial charge in [0.15, 0.2) is 0 Å². The zero-order valence-electron chi connectivity index (χ0n) is 5.83. The Kier molecular flexibility index (Phi) is 21.6. The van der Waals surface area contributed by atoms with Gasteiger partial charge in [-0.05, 0) is 6.92 Å². The van der Waals surface area contributed by atoms with Crippen LogP contribution in [0.5, 0.6) is 0 Å². The van der Waals surface area contributed by atoms with Crippen molar-refractivity contribution in [1.29, 1.82) is 0 Å². The summed E-state index contributed by atoms with van der Waals surface area (Å²) in [6.45, 7) is 3.65. The van der Waals surface area contributed by atoms with Crippen LogP contribution in [0.4, 0.5) is 4.79 Å². The van der Waals surface area contributed by atoms with Crippen molar-refractivity contribution in [3.8, 4) is 0 Å². The first-order valence-corrected chi connectivity index (χ1v) is 2.56. The molecule has 0 rings (SSSR count). The van der Waals surface area contributed by atoms with Gasteiger partial charge in [0, 0.05) is 6.92 Å². The van der Waals surface area contributed by atoms with Crippen molar-refractivity contribution < 1.29 is 24.5 Å². The van der Waals surface area contributed by atoms with Crippen molar-refractivity contribution in [1.82, 2.24) is 0 Å². The average molecular weight is 284 g/mol. The van der Waals surface area contributed by atoms with Gasteiger partial charge < -0.3 is 14.9 Å². The van der Waals surface area contributed by atoms with Gasteiger partial charge in [-0.3, -0.25) is 4.79 Å². The monoisotopic (exact) mass is 284 g/mol. The van der Waals surface area contributed by atoms with Crippen LogP contribution < -0.4 is 0 Å². The molecule has 11 heavy (non-hydrogen) atoms. The molecule has 0 saturated carbocycles. The van der Waals surface area contributed by atoms with Gasteiger partial charge in [-0.1, -0.05) is 0 Å². The zero-order valence-corrected chi connectivity index (χ0v) is 5.83. The molecule has 0 atom stereocenters. The van der Waals surface area contributed by atoms with Crippen LogP contribution in [0, 0.1) is 0 Å². The molecule has 0 amide bonds. The van der Waals surface area contributed by atoms with Gasteiger partial charge in [0.05, 0.1) is 6.61 Å². The number of hydrogen-bond acceptors (Lipinski definition) is 3. The fourth-order valence-corrected chi connectivity index (χ4v) is 0.203. The average Bonchev–Trinajstić information content (AvgIpc) is 1.62. The molecule has 6 heteroatoms. The molecule has 0 radical (unpaired) electrons. The van der Waals surface area contributed by atoms with Crippen LogP contribution in [-0.2, 0) is 9.53 Å². The molecule has 0 aliphatic heterocycles. The SMILES string of the molecule is CCOC(C)=O.O=C(O)O.[CsH]. The van der Waals surface area contributed by atoms with Crippen LogP contribution in [0.15, 0.2) is 0 Å². The molecular formula is C5H11CsO5. The van der Waals surface area contributed by atoms with E-state index in [0.717, 1.165) is 0 Å². The quantitative estimate of drug-likeness (QED) is 0.669. The Labute approximate surface area is 124 Å². The molecule has 0 aliphatic rings. The molecule has 0 aromatic heterocycles. The number of carboxylic acid groups (broad SMARTS) is 2. The summed E-state index contributed by atoms with van der Waals surface area (Å²) in [6, 6.07) is 0. The molecule has 0 aliphatic carbocycles. The van der Waals surface area contributed by atoms with Crippen molar-refractivity contribution >= 4 is 81.0 Å². The minimum absolute atomic E-state index is 0. The number of carbonyl (C=O) groups is 2. The van der Waals surface area contributed by atoms with E-state index >= 15 is 0 Å². The molecule has 0 bridgehead atoms. The summed E-state index contributed by atoms with van der Waals surface area (Å²) in [5, 5.41) is 13.9. The molecule has 62 valence electrons. The maximum absolute atomic E-state index is 9.82. The predicted molar refractivity (Wildman–Crippen MR) is 40.1 cm³/mol. The predicted octanol–water partition coefficient (Wildman–Crippen LogP) is 0.143. The second-order valence-electron chi connectivity index (χ2n) is 1.21. The summed E-state index contributed by atoms with van der Waals surface area (Å²) in [4.78, 5) is 18.4. The van der Waals surface area contributed by atoms with E-state index in [1.807, 2.05) is 0 Å². The third-order valence-electron chi connectivity index (χ3n) is 0.348. The van der Waals surface area contributed by atoms with E-state index in [9.17, 15) is 4.79 Å². The van der Waals surface area contributed by atoms with Gasteiger partial charge in [-0.15, -0.1) is 0 Å². The van der Waals surface area contributed by atoms with E-state index in [1.54, 1.807) is 6.92 Å². The van der Waals surface area contributed by atoms with E-state index in [1.165, 1.54) is 6.92 Å². The third-order valence-corrected chi connectivity index (χ3v) is 0.348. The Bertz CT molecular complexity index is 109. The molecule has 0 spiro atoms. The van der Waals surface area contributed by atoms with E-state index in [2.05, 4.69) is 4.74 Å². The minimum atomic E-state index is -1.83. The van der Waals surface area contributed by atoms with E-state index in [0.29, 0.717) is 6.61 Å². The van der Waals surface area contributed by atoms with Gasteiger partial charge in [0.25, 0.3) is 0 Å². The summed E-state index contributed by atoms with van der Waals surface area (Å²) in [5.41, 5.74) is 0. The normalized spacial score (nSPS) is 6.36. The van der Waals surface area contributed by atoms with Gasteiger partial charge >= 0.3 is 81.0 Å². The number of hydrogen-bond donors (Lipinski definition) is 2. The van der Waals surface area contributed by atoms with Gasteiger partial charge in [-0.25, -0.2) is 4.79 Å². The Morgan fingerprint density at radius 3 is 1.64 bits per heavy atom. The van der Waals surface area contributed by atoms with Gasteiger partial charge in [0.1, 0.15) is 0 Å². The maximum atomic E-state index is 9.82. The number of esters is 1. The van der Waals surface area contributed by atoms with Crippen LogP contribution in [0.2, 0.25) is 0 Å². The fourth-order valence-electron chi connectivity index (χ4n) is 0.203. The second-order valence-corrected chi connectivity index (χ2v) is 1.21. The van der Waals surface area contributed by atoms with Crippen LogP contribution in [-0.4, -0.2) is 97.8 Å². The van der Waals surface area contributed by atoms with Crippen LogP contribution in [0.3, 0.4) is 0 Å². The standard InChI is InChI=1S/C4H8O2.CH2O3.Cs.H/c1-3-6-4(2)5;2-1(3)4;;/h3H2,1-2H3;(H2,2,3,4);;. The number of carbonyl (C=O) groups excluding carboxylic acids is 1. The summed E-state index contributed by atoms with van der Waals surface area (Å²) in [7, 11) is 0. The first-order chi connectivity index (χ1) is 4.50. The Hall–Kier alpha value is 0.792.